The number of hydrogen-bond acceptors (Lipinski definition) is 7. The van der Waals surface area contributed by atoms with Crippen LogP contribution in [0.5, 0.6) is 0 Å². The van der Waals surface area contributed by atoms with Gasteiger partial charge in [-0.1, -0.05) is 13.8 Å². The van der Waals surface area contributed by atoms with Gasteiger partial charge >= 0.3 is 5.97 Å². The highest BCUT2D eigenvalue weighted by Gasteiger charge is 2.19. The first-order valence-corrected chi connectivity index (χ1v) is 6.25. The summed E-state index contributed by atoms with van der Waals surface area (Å²) in [7, 11) is 0. The van der Waals surface area contributed by atoms with Crippen molar-refractivity contribution < 1.29 is 9.53 Å². The van der Waals surface area contributed by atoms with Crippen LogP contribution in [0, 0.1) is 0 Å². The quantitative estimate of drug-likeness (QED) is 0.405. The number of ether oxygens (including phenoxy) is 1. The number of nitrogen functional groups attached to an aromatic ring is 1. The summed E-state index contributed by atoms with van der Waals surface area (Å²) in [5.41, 5.74) is 3.37. The van der Waals surface area contributed by atoms with E-state index in [-0.39, 0.29) is 11.9 Å². The maximum Gasteiger partial charge on any atom is 0.328 e. The van der Waals surface area contributed by atoms with Crippen LogP contribution in [0.25, 0.3) is 0 Å². The van der Waals surface area contributed by atoms with Gasteiger partial charge in [-0.3, -0.25) is 0 Å². The Labute approximate surface area is 112 Å². The largest absolute Gasteiger partial charge is 0.464 e. The molecule has 1 atom stereocenters. The normalized spacial score (nSPS) is 12.1. The van der Waals surface area contributed by atoms with E-state index >= 15 is 0 Å². The van der Waals surface area contributed by atoms with E-state index in [4.69, 9.17) is 10.6 Å². The molecule has 4 N–H and O–H groups in total. The second-order valence-corrected chi connectivity index (χ2v) is 4.40. The smallest absolute Gasteiger partial charge is 0.328 e. The monoisotopic (exact) mass is 267 g/mol. The standard InChI is InChI=1S/C12H21N5O2/c1-5-19-12(18)8(4)16-10-9(7(2)3)11(17-13)15-6-14-10/h6-8H,5,13H2,1-4H3,(H2,14,15,16,17). The van der Waals surface area contributed by atoms with Crippen LogP contribution >= 0.6 is 0 Å². The van der Waals surface area contributed by atoms with Gasteiger partial charge in [-0.25, -0.2) is 20.6 Å². The average Bonchev–Trinajstić information content (AvgIpc) is 2.38. The predicted molar refractivity (Wildman–Crippen MR) is 73.6 cm³/mol. The summed E-state index contributed by atoms with van der Waals surface area (Å²) in [6.07, 6.45) is 1.39. The van der Waals surface area contributed by atoms with Gasteiger partial charge in [0.05, 0.1) is 6.61 Å². The van der Waals surface area contributed by atoms with Crippen molar-refractivity contribution in [2.45, 2.75) is 39.7 Å². The minimum atomic E-state index is -0.488. The number of carbonyl (C=O) groups is 1. The molecule has 106 valence electrons. The molecule has 0 aliphatic rings. The Morgan fingerprint density at radius 2 is 2.00 bits per heavy atom. The summed E-state index contributed by atoms with van der Waals surface area (Å²) >= 11 is 0. The fourth-order valence-electron chi connectivity index (χ4n) is 1.70. The van der Waals surface area contributed by atoms with Crippen molar-refractivity contribution in [2.75, 3.05) is 17.3 Å². The first kappa shape index (κ1) is 15.2. The molecule has 0 amide bonds. The lowest BCUT2D eigenvalue weighted by atomic mass is 10.0. The molecule has 0 aromatic carbocycles. The SMILES string of the molecule is CCOC(=O)C(C)Nc1ncnc(NN)c1C(C)C. The number of hydrogen-bond donors (Lipinski definition) is 3. The number of rotatable bonds is 6. The highest BCUT2D eigenvalue weighted by atomic mass is 16.5. The van der Waals surface area contributed by atoms with Crippen LogP contribution in [0.4, 0.5) is 11.6 Å². The Balaban J connectivity index is 2.97. The Bertz CT molecular complexity index is 436. The van der Waals surface area contributed by atoms with Gasteiger partial charge in [0.25, 0.3) is 0 Å². The third-order valence-electron chi connectivity index (χ3n) is 2.59. The molecular formula is C12H21N5O2. The van der Waals surface area contributed by atoms with Gasteiger partial charge in [0, 0.05) is 5.56 Å². The van der Waals surface area contributed by atoms with Gasteiger partial charge in [-0.2, -0.15) is 0 Å². The summed E-state index contributed by atoms with van der Waals surface area (Å²) < 4.78 is 4.95. The molecule has 19 heavy (non-hydrogen) atoms. The highest BCUT2D eigenvalue weighted by molar-refractivity contribution is 5.79. The fourth-order valence-corrected chi connectivity index (χ4v) is 1.70. The van der Waals surface area contributed by atoms with E-state index in [1.165, 1.54) is 6.33 Å². The van der Waals surface area contributed by atoms with E-state index in [2.05, 4.69) is 20.7 Å². The molecule has 1 unspecified atom stereocenters. The van der Waals surface area contributed by atoms with Crippen molar-refractivity contribution in [1.82, 2.24) is 9.97 Å². The molecule has 0 fully saturated rings. The van der Waals surface area contributed by atoms with Crippen molar-refractivity contribution in [1.29, 1.82) is 0 Å². The number of nitrogens with zero attached hydrogens (tertiary/aromatic N) is 2. The zero-order valence-corrected chi connectivity index (χ0v) is 11.7. The number of anilines is 2. The number of nitrogens with one attached hydrogen (secondary N) is 2. The van der Waals surface area contributed by atoms with Crippen molar-refractivity contribution in [3.05, 3.63) is 11.9 Å². The molecule has 1 rings (SSSR count). The zero-order chi connectivity index (χ0) is 14.4. The molecule has 1 aromatic heterocycles. The van der Waals surface area contributed by atoms with Crippen LogP contribution in [0.3, 0.4) is 0 Å². The lowest BCUT2D eigenvalue weighted by Crippen LogP contribution is -2.29. The van der Waals surface area contributed by atoms with Crippen molar-refractivity contribution >= 4 is 17.6 Å². The van der Waals surface area contributed by atoms with Gasteiger partial charge in [0.15, 0.2) is 0 Å². The van der Waals surface area contributed by atoms with Gasteiger partial charge in [-0.15, -0.1) is 0 Å². The summed E-state index contributed by atoms with van der Waals surface area (Å²) in [4.78, 5) is 19.8. The molecule has 0 spiro atoms. The molecule has 0 bridgehead atoms. The van der Waals surface area contributed by atoms with Gasteiger partial charge in [0.2, 0.25) is 0 Å². The minimum Gasteiger partial charge on any atom is -0.464 e. The highest BCUT2D eigenvalue weighted by Crippen LogP contribution is 2.28. The molecular weight excluding hydrogens is 246 g/mol. The topological polar surface area (TPSA) is 102 Å². The van der Waals surface area contributed by atoms with Crippen molar-refractivity contribution in [3.8, 4) is 0 Å². The number of carbonyl (C=O) groups excluding carboxylic acids is 1. The van der Waals surface area contributed by atoms with Gasteiger partial charge < -0.3 is 15.5 Å². The van der Waals surface area contributed by atoms with Crippen LogP contribution < -0.4 is 16.6 Å². The summed E-state index contributed by atoms with van der Waals surface area (Å²) in [6.45, 7) is 7.84. The Kier molecular flexibility index (Phi) is 5.50. The summed E-state index contributed by atoms with van der Waals surface area (Å²) in [5, 5.41) is 3.03. The molecule has 0 radical (unpaired) electrons. The first-order valence-electron chi connectivity index (χ1n) is 6.25. The summed E-state index contributed by atoms with van der Waals surface area (Å²) in [6, 6.07) is -0.488. The molecule has 0 aliphatic heterocycles. The molecule has 7 nitrogen and oxygen atoms in total. The van der Waals surface area contributed by atoms with E-state index in [9.17, 15) is 4.79 Å². The van der Waals surface area contributed by atoms with Gasteiger partial charge in [-0.05, 0) is 19.8 Å². The van der Waals surface area contributed by atoms with Crippen molar-refractivity contribution in [3.63, 3.8) is 0 Å². The molecule has 0 saturated heterocycles. The van der Waals surface area contributed by atoms with Crippen LogP contribution in [-0.4, -0.2) is 28.6 Å². The van der Waals surface area contributed by atoms with Crippen molar-refractivity contribution in [2.24, 2.45) is 5.84 Å². The Morgan fingerprint density at radius 1 is 1.37 bits per heavy atom. The summed E-state index contributed by atoms with van der Waals surface area (Å²) in [5.74, 6) is 6.40. The van der Waals surface area contributed by atoms with Crippen LogP contribution in [-0.2, 0) is 9.53 Å². The van der Waals surface area contributed by atoms with Crippen LogP contribution in [0.1, 0.15) is 39.2 Å². The minimum absolute atomic E-state index is 0.157. The predicted octanol–water partition coefficient (Wildman–Crippen LogP) is 1.25. The molecule has 1 heterocycles. The van der Waals surface area contributed by atoms with Crippen LogP contribution in [0.15, 0.2) is 6.33 Å². The molecule has 1 aromatic rings. The maximum atomic E-state index is 11.6. The van der Waals surface area contributed by atoms with Crippen LogP contribution in [0.2, 0.25) is 0 Å². The van der Waals surface area contributed by atoms with E-state index in [1.807, 2.05) is 13.8 Å². The van der Waals surface area contributed by atoms with E-state index < -0.39 is 6.04 Å². The van der Waals surface area contributed by atoms with E-state index in [0.717, 1.165) is 5.56 Å². The van der Waals surface area contributed by atoms with E-state index in [0.29, 0.717) is 18.2 Å². The Hall–Kier alpha value is -1.89. The lowest BCUT2D eigenvalue weighted by Gasteiger charge is -2.19. The molecule has 0 aliphatic carbocycles. The third kappa shape index (κ3) is 3.78. The zero-order valence-electron chi connectivity index (χ0n) is 11.7. The Morgan fingerprint density at radius 3 is 2.53 bits per heavy atom. The number of nitrogens with two attached hydrogens (primary N) is 1. The molecule has 7 heteroatoms. The second kappa shape index (κ2) is 6.89. The first-order chi connectivity index (χ1) is 9.01. The van der Waals surface area contributed by atoms with Gasteiger partial charge in [0.1, 0.15) is 24.0 Å². The lowest BCUT2D eigenvalue weighted by molar-refractivity contribution is -0.143. The molecule has 0 saturated carbocycles. The maximum absolute atomic E-state index is 11.6. The second-order valence-electron chi connectivity index (χ2n) is 4.40. The number of hydrazine groups is 1. The third-order valence-corrected chi connectivity index (χ3v) is 2.59. The number of esters is 1. The fraction of sp³-hybridized carbons (Fsp3) is 0.583. The average molecular weight is 267 g/mol. The van der Waals surface area contributed by atoms with E-state index in [1.54, 1.807) is 13.8 Å². The number of aromatic nitrogens is 2.